The molecule has 4 heterocycles. The van der Waals surface area contributed by atoms with Gasteiger partial charge in [-0.15, -0.1) is 23.1 Å². The fourth-order valence-electron chi connectivity index (χ4n) is 4.06. The molecule has 0 spiro atoms. The second kappa shape index (κ2) is 12.3. The highest BCUT2D eigenvalue weighted by atomic mass is 32.2. The van der Waals surface area contributed by atoms with E-state index in [1.807, 2.05) is 6.92 Å². The van der Waals surface area contributed by atoms with Gasteiger partial charge in [0.05, 0.1) is 12.1 Å². The number of β-lactam (4-membered cyclic amide) rings is 1. The highest BCUT2D eigenvalue weighted by Crippen LogP contribution is 2.41. The van der Waals surface area contributed by atoms with Crippen LogP contribution < -0.4 is 27.1 Å². The van der Waals surface area contributed by atoms with E-state index in [0.717, 1.165) is 16.2 Å². The molecule has 2 aliphatic rings. The zero-order valence-corrected chi connectivity index (χ0v) is 25.9. The predicted molar refractivity (Wildman–Crippen MR) is 160 cm³/mol. The molecule has 43 heavy (non-hydrogen) atoms. The average Bonchev–Trinajstić information content (AvgIpc) is 3.38. The summed E-state index contributed by atoms with van der Waals surface area (Å²) in [6.07, 6.45) is 0. The quantitative estimate of drug-likeness (QED) is 0.0467. The molecule has 1 fully saturated rings. The number of amides is 2. The zero-order chi connectivity index (χ0) is 31.8. The first-order valence-corrected chi connectivity index (χ1v) is 15.6. The number of carbonyl (C=O) groups is 4. The van der Waals surface area contributed by atoms with E-state index in [4.69, 9.17) is 22.0 Å². The lowest BCUT2D eigenvalue weighted by Gasteiger charge is -2.49. The van der Waals surface area contributed by atoms with Crippen molar-refractivity contribution in [2.75, 3.05) is 28.7 Å². The van der Waals surface area contributed by atoms with Gasteiger partial charge in [0.2, 0.25) is 17.2 Å². The van der Waals surface area contributed by atoms with E-state index in [9.17, 15) is 29.4 Å². The Balaban J connectivity index is 1.54. The Morgan fingerprint density at radius 1 is 1.28 bits per heavy atom. The summed E-state index contributed by atoms with van der Waals surface area (Å²) in [6, 6.07) is -1.09. The first-order valence-electron chi connectivity index (χ1n) is 12.7. The van der Waals surface area contributed by atoms with Crippen LogP contribution in [-0.4, -0.2) is 83.1 Å². The van der Waals surface area contributed by atoms with E-state index in [0.29, 0.717) is 28.7 Å². The SMILES string of the molecule is CC[n+]1c(SCC2=C(C(=O)O)N3C(=O)C(NC(=O)/C(=N\OC(C)(C)C(=O)O)c4csc(N)n4)C3SC2)nc(N)c(C)c1N. The molecule has 0 aromatic carbocycles. The molecule has 230 valence electrons. The third-order valence-electron chi connectivity index (χ3n) is 6.59. The third kappa shape index (κ3) is 6.18. The van der Waals surface area contributed by atoms with Crippen LogP contribution >= 0.6 is 34.9 Å². The van der Waals surface area contributed by atoms with Crippen molar-refractivity contribution in [3.05, 3.63) is 27.9 Å². The number of anilines is 3. The topological polar surface area (TPSA) is 253 Å². The Bertz CT molecular complexity index is 1570. The molecule has 19 heteroatoms. The monoisotopic (exact) mass is 652 g/mol. The van der Waals surface area contributed by atoms with Gasteiger partial charge in [-0.05, 0) is 45.0 Å². The summed E-state index contributed by atoms with van der Waals surface area (Å²) in [5.41, 5.74) is 16.7. The molecule has 9 N–H and O–H groups in total. The fraction of sp³-hybridized carbons (Fsp3) is 0.417. The molecule has 16 nitrogen and oxygen atoms in total. The lowest BCUT2D eigenvalue weighted by Crippen LogP contribution is -2.71. The molecule has 2 atom stereocenters. The number of thiazole rings is 1. The number of oxime groups is 1. The Kier molecular flexibility index (Phi) is 9.07. The number of carboxylic acids is 2. The summed E-state index contributed by atoms with van der Waals surface area (Å²) in [4.78, 5) is 64.9. The van der Waals surface area contributed by atoms with Crippen LogP contribution in [0.3, 0.4) is 0 Å². The van der Waals surface area contributed by atoms with Crippen LogP contribution in [0.15, 0.2) is 27.0 Å². The van der Waals surface area contributed by atoms with Crippen molar-refractivity contribution >= 4 is 81.1 Å². The van der Waals surface area contributed by atoms with Crippen molar-refractivity contribution in [2.45, 2.75) is 56.4 Å². The Morgan fingerprint density at radius 3 is 2.56 bits per heavy atom. The number of aromatic nitrogens is 3. The van der Waals surface area contributed by atoms with Gasteiger partial charge in [-0.2, -0.15) is 0 Å². The van der Waals surface area contributed by atoms with Crippen molar-refractivity contribution in [1.82, 2.24) is 20.2 Å². The molecule has 1 saturated heterocycles. The molecule has 2 aromatic rings. The van der Waals surface area contributed by atoms with Gasteiger partial charge in [-0.25, -0.2) is 19.1 Å². The minimum Gasteiger partial charge on any atom is -0.478 e. The third-order valence-corrected chi connectivity index (χ3v) is 9.67. The molecule has 2 aliphatic heterocycles. The Morgan fingerprint density at radius 2 is 1.98 bits per heavy atom. The van der Waals surface area contributed by atoms with Crippen LogP contribution in [-0.2, 0) is 30.6 Å². The van der Waals surface area contributed by atoms with E-state index in [1.54, 1.807) is 11.5 Å². The summed E-state index contributed by atoms with van der Waals surface area (Å²) >= 11 is 3.55. The maximum atomic E-state index is 13.3. The largest absolute Gasteiger partial charge is 0.478 e. The number of hydrogen-bond donors (Lipinski definition) is 6. The number of thioether (sulfide) groups is 2. The number of fused-ring (bicyclic) bond motifs is 1. The number of hydrogen-bond acceptors (Lipinski definition) is 14. The van der Waals surface area contributed by atoms with Crippen molar-refractivity contribution in [3.8, 4) is 0 Å². The maximum Gasteiger partial charge on any atom is 0.352 e. The van der Waals surface area contributed by atoms with Gasteiger partial charge in [0.1, 0.15) is 22.8 Å². The highest BCUT2D eigenvalue weighted by molar-refractivity contribution is 8.01. The first kappa shape index (κ1) is 31.8. The molecule has 0 aliphatic carbocycles. The van der Waals surface area contributed by atoms with E-state index >= 15 is 0 Å². The van der Waals surface area contributed by atoms with E-state index in [1.165, 1.54) is 42.8 Å². The number of carboxylic acid groups (broad SMARTS) is 2. The van der Waals surface area contributed by atoms with Gasteiger partial charge in [0.15, 0.2) is 10.8 Å². The molecular weight excluding hydrogens is 623 g/mol. The summed E-state index contributed by atoms with van der Waals surface area (Å²) in [7, 11) is 0. The van der Waals surface area contributed by atoms with Crippen molar-refractivity contribution < 1.29 is 38.8 Å². The second-order valence-electron chi connectivity index (χ2n) is 9.86. The van der Waals surface area contributed by atoms with Crippen molar-refractivity contribution in [2.24, 2.45) is 5.16 Å². The minimum atomic E-state index is -1.77. The number of rotatable bonds is 11. The van der Waals surface area contributed by atoms with Crippen molar-refractivity contribution in [3.63, 3.8) is 0 Å². The molecular formula is C24H30N9O7S3+. The van der Waals surface area contributed by atoms with Gasteiger partial charge < -0.3 is 37.6 Å². The zero-order valence-electron chi connectivity index (χ0n) is 23.5. The van der Waals surface area contributed by atoms with Gasteiger partial charge in [0, 0.05) is 16.9 Å². The summed E-state index contributed by atoms with van der Waals surface area (Å²) in [5.74, 6) is -2.94. The van der Waals surface area contributed by atoms with Crippen molar-refractivity contribution in [1.29, 1.82) is 0 Å². The highest BCUT2D eigenvalue weighted by Gasteiger charge is 2.54. The number of nitrogens with two attached hydrogens (primary N) is 3. The molecule has 0 saturated carbocycles. The van der Waals surface area contributed by atoms with Crippen LogP contribution in [0.25, 0.3) is 0 Å². The van der Waals surface area contributed by atoms with Crippen LogP contribution in [0.4, 0.5) is 16.8 Å². The maximum absolute atomic E-state index is 13.3. The van der Waals surface area contributed by atoms with E-state index in [2.05, 4.69) is 20.4 Å². The minimum absolute atomic E-state index is 0.0156. The number of nitrogen functional groups attached to an aromatic ring is 3. The Hall–Kier alpha value is -4.10. The fourth-order valence-corrected chi connectivity index (χ4v) is 7.17. The number of aliphatic carboxylic acids is 2. The number of nitrogens with one attached hydrogen (secondary N) is 1. The van der Waals surface area contributed by atoms with E-state index < -0.39 is 46.5 Å². The lowest BCUT2D eigenvalue weighted by atomic mass is 10.0. The predicted octanol–water partition coefficient (Wildman–Crippen LogP) is 0.0153. The Labute approximate surface area is 257 Å². The molecule has 2 amide bonds. The summed E-state index contributed by atoms with van der Waals surface area (Å²) in [6.45, 7) is 6.66. The van der Waals surface area contributed by atoms with E-state index in [-0.39, 0.29) is 33.8 Å². The van der Waals surface area contributed by atoms with Crippen LogP contribution in [0.1, 0.15) is 32.0 Å². The first-order chi connectivity index (χ1) is 20.2. The second-order valence-corrected chi connectivity index (χ2v) is 12.8. The van der Waals surface area contributed by atoms with Gasteiger partial charge >= 0.3 is 17.1 Å². The average molecular weight is 653 g/mol. The molecule has 2 aromatic heterocycles. The standard InChI is InChI=1S/C24H29N9O7S3/c1-5-32-16(26)9(2)15(25)30-23(32)43-7-10-6-41-19-13(18(35)33(19)14(10)20(36)37)29-17(34)12(11-8-42-22(27)28-11)31-40-24(3,4)21(38)39/h8,13,19H,5-7H2,1-4H3,(H8,25,26,27,28,29,34,36,37,38,39)/p+1/b31-12-. The van der Waals surface area contributed by atoms with Gasteiger partial charge in [-0.1, -0.05) is 10.1 Å². The van der Waals surface area contributed by atoms with Crippen LogP contribution in [0, 0.1) is 6.92 Å². The number of carbonyl (C=O) groups excluding carboxylic acids is 2. The normalized spacial score (nSPS) is 18.7. The molecule has 0 bridgehead atoms. The summed E-state index contributed by atoms with van der Waals surface area (Å²) < 4.78 is 1.77. The van der Waals surface area contributed by atoms with Crippen LogP contribution in [0.2, 0.25) is 0 Å². The van der Waals surface area contributed by atoms with Crippen LogP contribution in [0.5, 0.6) is 0 Å². The number of nitrogens with zero attached hydrogens (tertiary/aromatic N) is 5. The lowest BCUT2D eigenvalue weighted by molar-refractivity contribution is -0.720. The molecule has 0 radical (unpaired) electrons. The summed E-state index contributed by atoms with van der Waals surface area (Å²) in [5, 5.41) is 27.0. The molecule has 2 unspecified atom stereocenters. The molecule has 4 rings (SSSR count). The van der Waals surface area contributed by atoms with Gasteiger partial charge in [-0.3, -0.25) is 14.5 Å². The smallest absolute Gasteiger partial charge is 0.352 e. The van der Waals surface area contributed by atoms with Gasteiger partial charge in [0.25, 0.3) is 11.8 Å².